The number of hydrogen-bond donors (Lipinski definition) is 1. The van der Waals surface area contributed by atoms with Gasteiger partial charge in [-0.2, -0.15) is 0 Å². The maximum absolute atomic E-state index is 12.9. The summed E-state index contributed by atoms with van der Waals surface area (Å²) in [6.45, 7) is 4.19. The Kier molecular flexibility index (Phi) is 4.70. The third-order valence-corrected chi connectivity index (χ3v) is 2.00. The molecule has 0 aliphatic heterocycles. The van der Waals surface area contributed by atoms with Crippen molar-refractivity contribution in [3.63, 3.8) is 0 Å². The molecule has 0 atom stereocenters. The highest BCUT2D eigenvalue weighted by Gasteiger charge is 2.00. The van der Waals surface area contributed by atoms with Crippen LogP contribution in [0.4, 0.5) is 4.39 Å². The number of halogens is 2. The zero-order valence-corrected chi connectivity index (χ0v) is 8.77. The van der Waals surface area contributed by atoms with Gasteiger partial charge in [0.25, 0.3) is 0 Å². The van der Waals surface area contributed by atoms with Crippen LogP contribution in [-0.2, 0) is 0 Å². The molecule has 0 heterocycles. The molecule has 0 aliphatic carbocycles. The average molecular weight is 218 g/mol. The second-order valence-electron chi connectivity index (χ2n) is 2.78. The van der Waals surface area contributed by atoms with Crippen LogP contribution in [-0.4, -0.2) is 19.7 Å². The molecule has 0 radical (unpaired) electrons. The summed E-state index contributed by atoms with van der Waals surface area (Å²) >= 11 is 5.52. The first kappa shape index (κ1) is 11.3. The van der Waals surface area contributed by atoms with Crippen molar-refractivity contribution in [2.45, 2.75) is 6.92 Å². The molecule has 1 aromatic carbocycles. The van der Waals surface area contributed by atoms with Gasteiger partial charge in [0.05, 0.1) is 5.02 Å². The zero-order chi connectivity index (χ0) is 10.4. The van der Waals surface area contributed by atoms with E-state index >= 15 is 0 Å². The van der Waals surface area contributed by atoms with Gasteiger partial charge in [-0.25, -0.2) is 4.39 Å². The molecule has 2 nitrogen and oxygen atoms in total. The summed E-state index contributed by atoms with van der Waals surface area (Å²) in [5.74, 6) is 0.0532. The third kappa shape index (κ3) is 3.52. The lowest BCUT2D eigenvalue weighted by molar-refractivity contribution is 0.314. The molecule has 0 bridgehead atoms. The van der Waals surface area contributed by atoms with Gasteiger partial charge in [-0.1, -0.05) is 18.5 Å². The second kappa shape index (κ2) is 5.83. The van der Waals surface area contributed by atoms with Crippen molar-refractivity contribution in [1.29, 1.82) is 0 Å². The van der Waals surface area contributed by atoms with Crippen LogP contribution in [0.5, 0.6) is 5.75 Å². The standard InChI is InChI=1S/C10H13ClFNO/c1-2-13-5-6-14-8-3-4-9(11)10(12)7-8/h3-4,7,13H,2,5-6H2,1H3. The van der Waals surface area contributed by atoms with Crippen LogP contribution < -0.4 is 10.1 Å². The van der Waals surface area contributed by atoms with Crippen LogP contribution in [0.25, 0.3) is 0 Å². The highest BCUT2D eigenvalue weighted by atomic mass is 35.5. The number of benzene rings is 1. The van der Waals surface area contributed by atoms with E-state index in [9.17, 15) is 4.39 Å². The molecule has 1 N–H and O–H groups in total. The molecule has 0 aliphatic rings. The Labute approximate surface area is 88.0 Å². The molecule has 0 saturated heterocycles. The maximum atomic E-state index is 12.9. The van der Waals surface area contributed by atoms with Gasteiger partial charge in [0, 0.05) is 12.6 Å². The minimum atomic E-state index is -0.451. The van der Waals surface area contributed by atoms with Crippen LogP contribution >= 0.6 is 11.6 Å². The second-order valence-corrected chi connectivity index (χ2v) is 3.19. The highest BCUT2D eigenvalue weighted by Crippen LogP contribution is 2.19. The normalized spacial score (nSPS) is 10.2. The summed E-state index contributed by atoms with van der Waals surface area (Å²) in [4.78, 5) is 0. The van der Waals surface area contributed by atoms with Crippen molar-refractivity contribution in [2.24, 2.45) is 0 Å². The lowest BCUT2D eigenvalue weighted by Crippen LogP contribution is -2.20. The quantitative estimate of drug-likeness (QED) is 0.766. The zero-order valence-electron chi connectivity index (χ0n) is 8.02. The Morgan fingerprint density at radius 2 is 2.29 bits per heavy atom. The van der Waals surface area contributed by atoms with Crippen molar-refractivity contribution in [2.75, 3.05) is 19.7 Å². The molecule has 0 aromatic heterocycles. The van der Waals surface area contributed by atoms with E-state index in [1.54, 1.807) is 6.07 Å². The molecule has 4 heteroatoms. The van der Waals surface area contributed by atoms with Gasteiger partial charge in [-0.05, 0) is 18.7 Å². The molecular formula is C10H13ClFNO. The molecule has 0 saturated carbocycles. The van der Waals surface area contributed by atoms with E-state index < -0.39 is 5.82 Å². The molecule has 78 valence electrons. The minimum absolute atomic E-state index is 0.115. The lowest BCUT2D eigenvalue weighted by atomic mass is 10.3. The van der Waals surface area contributed by atoms with Gasteiger partial charge < -0.3 is 10.1 Å². The van der Waals surface area contributed by atoms with Crippen molar-refractivity contribution in [3.05, 3.63) is 29.0 Å². The lowest BCUT2D eigenvalue weighted by Gasteiger charge is -2.06. The van der Waals surface area contributed by atoms with Crippen molar-refractivity contribution >= 4 is 11.6 Å². The van der Waals surface area contributed by atoms with E-state index in [4.69, 9.17) is 16.3 Å². The number of rotatable bonds is 5. The van der Waals surface area contributed by atoms with Gasteiger partial charge in [0.15, 0.2) is 0 Å². The topological polar surface area (TPSA) is 21.3 Å². The predicted molar refractivity (Wildman–Crippen MR) is 55.4 cm³/mol. The van der Waals surface area contributed by atoms with Crippen LogP contribution in [0.2, 0.25) is 5.02 Å². The summed E-state index contributed by atoms with van der Waals surface area (Å²) in [7, 11) is 0. The van der Waals surface area contributed by atoms with Gasteiger partial charge in [0.2, 0.25) is 0 Å². The highest BCUT2D eigenvalue weighted by molar-refractivity contribution is 6.30. The Morgan fingerprint density at radius 3 is 2.93 bits per heavy atom. The van der Waals surface area contributed by atoms with E-state index in [0.717, 1.165) is 13.1 Å². The first-order valence-corrected chi connectivity index (χ1v) is 4.90. The fourth-order valence-electron chi connectivity index (χ4n) is 0.984. The van der Waals surface area contributed by atoms with Gasteiger partial charge >= 0.3 is 0 Å². The smallest absolute Gasteiger partial charge is 0.145 e. The molecular weight excluding hydrogens is 205 g/mol. The summed E-state index contributed by atoms with van der Waals surface area (Å²) in [5, 5.41) is 3.21. The fourth-order valence-corrected chi connectivity index (χ4v) is 1.10. The number of likely N-dealkylation sites (N-methyl/N-ethyl adjacent to an activating group) is 1. The first-order chi connectivity index (χ1) is 6.74. The minimum Gasteiger partial charge on any atom is -0.492 e. The van der Waals surface area contributed by atoms with Gasteiger partial charge in [-0.3, -0.25) is 0 Å². The average Bonchev–Trinajstić information content (AvgIpc) is 2.18. The molecule has 0 spiro atoms. The van der Waals surface area contributed by atoms with Crippen LogP contribution in [0.1, 0.15) is 6.92 Å². The third-order valence-electron chi connectivity index (χ3n) is 1.69. The Bertz CT molecular complexity index is 293. The summed E-state index contributed by atoms with van der Waals surface area (Å²) in [6.07, 6.45) is 0. The summed E-state index contributed by atoms with van der Waals surface area (Å²) in [6, 6.07) is 4.42. The molecule has 0 unspecified atom stereocenters. The molecule has 1 aromatic rings. The predicted octanol–water partition coefficient (Wildman–Crippen LogP) is 2.47. The van der Waals surface area contributed by atoms with E-state index in [0.29, 0.717) is 12.4 Å². The van der Waals surface area contributed by atoms with Gasteiger partial charge in [-0.15, -0.1) is 0 Å². The van der Waals surface area contributed by atoms with Crippen LogP contribution in [0.3, 0.4) is 0 Å². The van der Waals surface area contributed by atoms with Crippen LogP contribution in [0, 0.1) is 5.82 Å². The summed E-state index contributed by atoms with van der Waals surface area (Å²) < 4.78 is 18.2. The SMILES string of the molecule is CCNCCOc1ccc(Cl)c(F)c1. The molecule has 14 heavy (non-hydrogen) atoms. The monoisotopic (exact) mass is 217 g/mol. The molecule has 0 fully saturated rings. The van der Waals surface area contributed by atoms with Crippen molar-refractivity contribution in [3.8, 4) is 5.75 Å². The van der Waals surface area contributed by atoms with Crippen molar-refractivity contribution in [1.82, 2.24) is 5.32 Å². The fraction of sp³-hybridized carbons (Fsp3) is 0.400. The maximum Gasteiger partial charge on any atom is 0.145 e. The Balaban J connectivity index is 2.39. The number of hydrogen-bond acceptors (Lipinski definition) is 2. The van der Waals surface area contributed by atoms with E-state index in [1.807, 2.05) is 6.92 Å². The Morgan fingerprint density at radius 1 is 1.50 bits per heavy atom. The summed E-state index contributed by atoms with van der Waals surface area (Å²) in [5.41, 5.74) is 0. The largest absolute Gasteiger partial charge is 0.492 e. The molecule has 1 rings (SSSR count). The van der Waals surface area contributed by atoms with Crippen molar-refractivity contribution < 1.29 is 9.13 Å². The van der Waals surface area contributed by atoms with E-state index in [-0.39, 0.29) is 5.02 Å². The van der Waals surface area contributed by atoms with E-state index in [2.05, 4.69) is 5.32 Å². The van der Waals surface area contributed by atoms with Crippen LogP contribution in [0.15, 0.2) is 18.2 Å². The Hall–Kier alpha value is -0.800. The molecule has 0 amide bonds. The van der Waals surface area contributed by atoms with Gasteiger partial charge in [0.1, 0.15) is 18.2 Å². The number of ether oxygens (including phenoxy) is 1. The number of nitrogens with one attached hydrogen (secondary N) is 1. The van der Waals surface area contributed by atoms with E-state index in [1.165, 1.54) is 12.1 Å². The first-order valence-electron chi connectivity index (χ1n) is 4.52.